The quantitative estimate of drug-likeness (QED) is 0.701. The topological polar surface area (TPSA) is 78.9 Å². The Morgan fingerprint density at radius 3 is 2.75 bits per heavy atom. The van der Waals surface area contributed by atoms with E-state index in [9.17, 15) is 0 Å². The number of aromatic nitrogens is 4. The van der Waals surface area contributed by atoms with Crippen molar-refractivity contribution in [1.82, 2.24) is 19.5 Å². The number of halogens is 1. The molecule has 102 valence electrons. The van der Waals surface area contributed by atoms with Gasteiger partial charge in [-0.1, -0.05) is 0 Å². The van der Waals surface area contributed by atoms with Crippen molar-refractivity contribution >= 4 is 39.6 Å². The van der Waals surface area contributed by atoms with Crippen LogP contribution in [0.25, 0.3) is 11.2 Å². The van der Waals surface area contributed by atoms with E-state index >= 15 is 0 Å². The molecule has 0 amide bonds. The highest BCUT2D eigenvalue weighted by Gasteiger charge is 2.07. The average Bonchev–Trinajstić information content (AvgIpc) is 2.86. The van der Waals surface area contributed by atoms with Crippen LogP contribution < -0.4 is 10.5 Å². The van der Waals surface area contributed by atoms with Gasteiger partial charge < -0.3 is 15.0 Å². The van der Waals surface area contributed by atoms with Crippen molar-refractivity contribution in [3.63, 3.8) is 0 Å². The zero-order valence-electron chi connectivity index (χ0n) is 10.5. The standard InChI is InChI=1S/C13H12IN5O/c14-9-1-3-10(4-2-9)20-6-5-19-8-18-11-12(15)16-7-17-13(11)19/h1-4,7-8H,5-6H2,(H2,15,16,17). The summed E-state index contributed by atoms with van der Waals surface area (Å²) in [5.74, 6) is 1.25. The zero-order valence-corrected chi connectivity index (χ0v) is 12.7. The van der Waals surface area contributed by atoms with Crippen molar-refractivity contribution in [2.24, 2.45) is 0 Å². The Labute approximate surface area is 129 Å². The van der Waals surface area contributed by atoms with E-state index in [1.54, 1.807) is 6.33 Å². The molecule has 0 spiro atoms. The van der Waals surface area contributed by atoms with Crippen LogP contribution in [0.3, 0.4) is 0 Å². The lowest BCUT2D eigenvalue weighted by Gasteiger charge is -2.07. The van der Waals surface area contributed by atoms with Crippen LogP contribution in [0.2, 0.25) is 0 Å². The molecule has 0 aliphatic rings. The molecule has 6 nitrogen and oxygen atoms in total. The molecule has 0 unspecified atom stereocenters. The fraction of sp³-hybridized carbons (Fsp3) is 0.154. The minimum atomic E-state index is 0.396. The molecular weight excluding hydrogens is 369 g/mol. The van der Waals surface area contributed by atoms with Crippen LogP contribution in [-0.2, 0) is 6.54 Å². The summed E-state index contributed by atoms with van der Waals surface area (Å²) in [4.78, 5) is 12.3. The Morgan fingerprint density at radius 2 is 1.95 bits per heavy atom. The van der Waals surface area contributed by atoms with Gasteiger partial charge in [0, 0.05) is 3.57 Å². The largest absolute Gasteiger partial charge is 0.492 e. The predicted octanol–water partition coefficient (Wildman–Crippen LogP) is 2.09. The molecule has 0 saturated carbocycles. The summed E-state index contributed by atoms with van der Waals surface area (Å²) >= 11 is 2.26. The molecule has 20 heavy (non-hydrogen) atoms. The summed E-state index contributed by atoms with van der Waals surface area (Å²) in [6, 6.07) is 7.93. The van der Waals surface area contributed by atoms with Crippen LogP contribution in [-0.4, -0.2) is 26.1 Å². The molecular formula is C13H12IN5O. The first-order valence-corrected chi connectivity index (χ1v) is 7.11. The summed E-state index contributed by atoms with van der Waals surface area (Å²) in [6.45, 7) is 1.19. The highest BCUT2D eigenvalue weighted by Crippen LogP contribution is 2.15. The first-order valence-electron chi connectivity index (χ1n) is 6.04. The number of fused-ring (bicyclic) bond motifs is 1. The van der Waals surface area contributed by atoms with E-state index in [4.69, 9.17) is 10.5 Å². The molecule has 0 aliphatic carbocycles. The molecule has 0 radical (unpaired) electrons. The van der Waals surface area contributed by atoms with Gasteiger partial charge in [0.15, 0.2) is 11.5 Å². The molecule has 2 heterocycles. The molecule has 3 aromatic rings. The van der Waals surface area contributed by atoms with Gasteiger partial charge in [0.25, 0.3) is 0 Å². The smallest absolute Gasteiger partial charge is 0.165 e. The molecule has 0 bridgehead atoms. The van der Waals surface area contributed by atoms with E-state index in [1.807, 2.05) is 28.8 Å². The lowest BCUT2D eigenvalue weighted by atomic mass is 10.3. The third kappa shape index (κ3) is 2.67. The van der Waals surface area contributed by atoms with E-state index in [0.717, 1.165) is 11.4 Å². The molecule has 0 atom stereocenters. The lowest BCUT2D eigenvalue weighted by molar-refractivity contribution is 0.300. The summed E-state index contributed by atoms with van der Waals surface area (Å²) in [6.07, 6.45) is 3.14. The number of nitrogen functional groups attached to an aromatic ring is 1. The van der Waals surface area contributed by atoms with Gasteiger partial charge in [-0.15, -0.1) is 0 Å². The monoisotopic (exact) mass is 381 g/mol. The van der Waals surface area contributed by atoms with Gasteiger partial charge in [-0.05, 0) is 46.9 Å². The van der Waals surface area contributed by atoms with E-state index in [-0.39, 0.29) is 0 Å². The number of nitrogens with zero attached hydrogens (tertiary/aromatic N) is 4. The van der Waals surface area contributed by atoms with Gasteiger partial charge in [-0.3, -0.25) is 0 Å². The van der Waals surface area contributed by atoms with Crippen molar-refractivity contribution in [3.05, 3.63) is 40.5 Å². The first-order chi connectivity index (χ1) is 9.74. The second-order valence-corrected chi connectivity index (χ2v) is 5.42. The predicted molar refractivity (Wildman–Crippen MR) is 84.4 cm³/mol. The van der Waals surface area contributed by atoms with Crippen molar-refractivity contribution in [3.8, 4) is 5.75 Å². The normalized spacial score (nSPS) is 10.8. The third-order valence-electron chi connectivity index (χ3n) is 2.84. The van der Waals surface area contributed by atoms with Crippen LogP contribution in [0, 0.1) is 3.57 Å². The second kappa shape index (κ2) is 5.61. The number of nitrogens with two attached hydrogens (primary N) is 1. The highest BCUT2D eigenvalue weighted by molar-refractivity contribution is 14.1. The van der Waals surface area contributed by atoms with Crippen molar-refractivity contribution < 1.29 is 4.74 Å². The Kier molecular flexibility index (Phi) is 3.68. The molecule has 3 rings (SSSR count). The number of imidazole rings is 1. The number of hydrogen-bond acceptors (Lipinski definition) is 5. The highest BCUT2D eigenvalue weighted by atomic mass is 127. The van der Waals surface area contributed by atoms with E-state index in [0.29, 0.717) is 24.5 Å². The van der Waals surface area contributed by atoms with E-state index in [2.05, 4.69) is 37.5 Å². The van der Waals surface area contributed by atoms with Crippen molar-refractivity contribution in [2.75, 3.05) is 12.3 Å². The van der Waals surface area contributed by atoms with Crippen molar-refractivity contribution in [1.29, 1.82) is 0 Å². The fourth-order valence-electron chi connectivity index (χ4n) is 1.86. The van der Waals surface area contributed by atoms with Crippen LogP contribution in [0.1, 0.15) is 0 Å². The molecule has 2 N–H and O–H groups in total. The lowest BCUT2D eigenvalue weighted by Crippen LogP contribution is -2.08. The Hall–Kier alpha value is -1.90. The van der Waals surface area contributed by atoms with Gasteiger partial charge in [-0.2, -0.15) is 0 Å². The molecule has 7 heteroatoms. The van der Waals surface area contributed by atoms with Gasteiger partial charge in [0.05, 0.1) is 12.9 Å². The van der Waals surface area contributed by atoms with Crippen LogP contribution in [0.4, 0.5) is 5.82 Å². The zero-order chi connectivity index (χ0) is 13.9. The minimum absolute atomic E-state index is 0.396. The van der Waals surface area contributed by atoms with Crippen molar-refractivity contribution in [2.45, 2.75) is 6.54 Å². The summed E-state index contributed by atoms with van der Waals surface area (Å²) in [7, 11) is 0. The first kappa shape index (κ1) is 13.1. The number of rotatable bonds is 4. The molecule has 0 saturated heterocycles. The molecule has 0 aliphatic heterocycles. The summed E-state index contributed by atoms with van der Waals surface area (Å²) < 4.78 is 8.77. The van der Waals surface area contributed by atoms with Crippen LogP contribution in [0.5, 0.6) is 5.75 Å². The third-order valence-corrected chi connectivity index (χ3v) is 3.56. The summed E-state index contributed by atoms with van der Waals surface area (Å²) in [5.41, 5.74) is 7.10. The maximum absolute atomic E-state index is 5.74. The Morgan fingerprint density at radius 1 is 1.15 bits per heavy atom. The number of hydrogen-bond donors (Lipinski definition) is 1. The Balaban J connectivity index is 1.68. The van der Waals surface area contributed by atoms with Gasteiger partial charge in [-0.25, -0.2) is 15.0 Å². The van der Waals surface area contributed by atoms with Gasteiger partial charge in [0.2, 0.25) is 0 Å². The average molecular weight is 381 g/mol. The van der Waals surface area contributed by atoms with E-state index < -0.39 is 0 Å². The number of benzene rings is 1. The molecule has 2 aromatic heterocycles. The summed E-state index contributed by atoms with van der Waals surface area (Å²) in [5, 5.41) is 0. The minimum Gasteiger partial charge on any atom is -0.492 e. The SMILES string of the molecule is Nc1ncnc2c1ncn2CCOc1ccc(I)cc1. The fourth-order valence-corrected chi connectivity index (χ4v) is 2.21. The second-order valence-electron chi connectivity index (χ2n) is 4.17. The Bertz CT molecular complexity index is 725. The van der Waals surface area contributed by atoms with Gasteiger partial charge >= 0.3 is 0 Å². The maximum atomic E-state index is 5.74. The van der Waals surface area contributed by atoms with E-state index in [1.165, 1.54) is 9.90 Å². The molecule has 1 aromatic carbocycles. The van der Waals surface area contributed by atoms with Crippen LogP contribution in [0.15, 0.2) is 36.9 Å². The number of ether oxygens (including phenoxy) is 1. The maximum Gasteiger partial charge on any atom is 0.165 e. The number of anilines is 1. The van der Waals surface area contributed by atoms with Crippen LogP contribution >= 0.6 is 22.6 Å². The van der Waals surface area contributed by atoms with Gasteiger partial charge in [0.1, 0.15) is 24.2 Å². The molecule has 0 fully saturated rings.